The van der Waals surface area contributed by atoms with E-state index < -0.39 is 0 Å². The molecule has 1 N–H and O–H groups in total. The highest BCUT2D eigenvalue weighted by Gasteiger charge is 2.32. The second-order valence-electron chi connectivity index (χ2n) is 5.38. The summed E-state index contributed by atoms with van der Waals surface area (Å²) in [6.45, 7) is 0.252. The summed E-state index contributed by atoms with van der Waals surface area (Å²) in [5.74, 6) is 0.329. The van der Waals surface area contributed by atoms with E-state index in [-0.39, 0.29) is 24.8 Å². The van der Waals surface area contributed by atoms with E-state index in [0.29, 0.717) is 20.7 Å². The molecule has 5 nitrogen and oxygen atoms in total. The van der Waals surface area contributed by atoms with Crippen molar-refractivity contribution in [2.24, 2.45) is 0 Å². The zero-order valence-electron chi connectivity index (χ0n) is 13.9. The number of nitrogens with zero attached hydrogens (tertiary/aromatic N) is 1. The Labute approximate surface area is 165 Å². The Morgan fingerprint density at radius 3 is 2.92 bits per heavy atom. The number of ether oxygens (including phenoxy) is 1. The molecule has 1 fully saturated rings. The van der Waals surface area contributed by atoms with E-state index in [9.17, 15) is 9.59 Å². The van der Waals surface area contributed by atoms with Crippen LogP contribution in [0.5, 0.6) is 5.75 Å². The summed E-state index contributed by atoms with van der Waals surface area (Å²) in [5.41, 5.74) is 0.650. The van der Waals surface area contributed by atoms with Gasteiger partial charge in [0.15, 0.2) is 0 Å². The topological polar surface area (TPSA) is 58.6 Å². The van der Waals surface area contributed by atoms with Crippen LogP contribution in [0.3, 0.4) is 0 Å². The molecule has 0 spiro atoms. The van der Waals surface area contributed by atoms with E-state index >= 15 is 0 Å². The SMILES string of the molecule is COc1cccc(NC(=O)CCN2C(=O)C(=Cc3cccs3)SC2=S)c1. The average Bonchev–Trinajstić information content (AvgIpc) is 3.22. The Hall–Kier alpha value is -2.16. The number of thiophene rings is 1. The van der Waals surface area contributed by atoms with Gasteiger partial charge in [0.2, 0.25) is 5.91 Å². The number of benzene rings is 1. The van der Waals surface area contributed by atoms with Crippen LogP contribution in [-0.4, -0.2) is 34.7 Å². The number of methoxy groups -OCH3 is 1. The lowest BCUT2D eigenvalue weighted by atomic mass is 10.3. The molecule has 0 aliphatic carbocycles. The molecule has 8 heteroatoms. The zero-order chi connectivity index (χ0) is 18.5. The molecule has 1 aliphatic heterocycles. The smallest absolute Gasteiger partial charge is 0.266 e. The number of carbonyl (C=O) groups is 2. The Morgan fingerprint density at radius 1 is 1.35 bits per heavy atom. The molecule has 1 aromatic heterocycles. The van der Waals surface area contributed by atoms with Crippen LogP contribution in [0.15, 0.2) is 46.7 Å². The predicted molar refractivity (Wildman–Crippen MR) is 110 cm³/mol. The quantitative estimate of drug-likeness (QED) is 0.583. The lowest BCUT2D eigenvalue weighted by molar-refractivity contribution is -0.122. The fourth-order valence-electron chi connectivity index (χ4n) is 2.33. The van der Waals surface area contributed by atoms with Gasteiger partial charge in [0.25, 0.3) is 5.91 Å². The maximum atomic E-state index is 12.5. The van der Waals surface area contributed by atoms with E-state index in [2.05, 4.69) is 5.32 Å². The summed E-state index contributed by atoms with van der Waals surface area (Å²) >= 11 is 8.11. The number of thioether (sulfide) groups is 1. The highest BCUT2D eigenvalue weighted by molar-refractivity contribution is 8.26. The summed E-state index contributed by atoms with van der Waals surface area (Å²) in [4.78, 5) is 27.7. The van der Waals surface area contributed by atoms with Crippen LogP contribution in [0.2, 0.25) is 0 Å². The van der Waals surface area contributed by atoms with Gasteiger partial charge in [0.05, 0.1) is 12.0 Å². The first-order chi connectivity index (χ1) is 12.6. The molecule has 3 rings (SSSR count). The summed E-state index contributed by atoms with van der Waals surface area (Å²) < 4.78 is 5.61. The third-order valence-corrected chi connectivity index (χ3v) is 5.80. The van der Waals surface area contributed by atoms with Gasteiger partial charge in [0, 0.05) is 29.6 Å². The second kappa shape index (κ2) is 8.48. The lowest BCUT2D eigenvalue weighted by Crippen LogP contribution is -2.31. The molecule has 2 heterocycles. The van der Waals surface area contributed by atoms with Crippen molar-refractivity contribution in [3.8, 4) is 5.75 Å². The molecule has 0 saturated carbocycles. The van der Waals surface area contributed by atoms with Crippen LogP contribution < -0.4 is 10.1 Å². The van der Waals surface area contributed by atoms with Gasteiger partial charge in [0.1, 0.15) is 10.1 Å². The highest BCUT2D eigenvalue weighted by Crippen LogP contribution is 2.33. The molecule has 1 aliphatic rings. The van der Waals surface area contributed by atoms with Gasteiger partial charge < -0.3 is 10.1 Å². The van der Waals surface area contributed by atoms with Crippen molar-refractivity contribution >= 4 is 63.2 Å². The first-order valence-electron chi connectivity index (χ1n) is 7.79. The normalized spacial score (nSPS) is 15.6. The second-order valence-corrected chi connectivity index (χ2v) is 8.03. The molecule has 1 saturated heterocycles. The number of thiocarbonyl (C=S) groups is 1. The monoisotopic (exact) mass is 404 g/mol. The molecule has 2 amide bonds. The molecular weight excluding hydrogens is 388 g/mol. The standard InChI is InChI=1S/C18H16N2O3S3/c1-23-13-5-2-4-12(10-13)19-16(21)7-8-20-17(22)15(26-18(20)24)11-14-6-3-9-25-14/h2-6,9-11H,7-8H2,1H3,(H,19,21). The van der Waals surface area contributed by atoms with Crippen LogP contribution in [0.4, 0.5) is 5.69 Å². The van der Waals surface area contributed by atoms with Gasteiger partial charge in [-0.05, 0) is 29.7 Å². The Bertz CT molecular complexity index is 862. The lowest BCUT2D eigenvalue weighted by Gasteiger charge is -2.14. The van der Waals surface area contributed by atoms with E-state index in [1.807, 2.05) is 23.6 Å². The van der Waals surface area contributed by atoms with Crippen molar-refractivity contribution in [3.63, 3.8) is 0 Å². The van der Waals surface area contributed by atoms with Crippen LogP contribution in [0.1, 0.15) is 11.3 Å². The first kappa shape index (κ1) is 18.6. The number of hydrogen-bond donors (Lipinski definition) is 1. The van der Waals surface area contributed by atoms with Crippen molar-refractivity contribution in [1.29, 1.82) is 0 Å². The number of amides is 2. The Balaban J connectivity index is 1.57. The Morgan fingerprint density at radius 2 is 2.19 bits per heavy atom. The molecule has 2 aromatic rings. The van der Waals surface area contributed by atoms with Crippen molar-refractivity contribution in [1.82, 2.24) is 4.90 Å². The molecule has 0 radical (unpaired) electrons. The summed E-state index contributed by atoms with van der Waals surface area (Å²) in [6, 6.07) is 11.0. The number of hydrogen-bond acceptors (Lipinski definition) is 6. The maximum absolute atomic E-state index is 12.5. The molecular formula is C18H16N2O3S3. The van der Waals surface area contributed by atoms with Gasteiger partial charge in [-0.1, -0.05) is 36.1 Å². The predicted octanol–water partition coefficient (Wildman–Crippen LogP) is 3.99. The third kappa shape index (κ3) is 4.51. The molecule has 134 valence electrons. The molecule has 0 bridgehead atoms. The van der Waals surface area contributed by atoms with Gasteiger partial charge in [-0.2, -0.15) is 0 Å². The van der Waals surface area contributed by atoms with E-state index in [1.165, 1.54) is 16.7 Å². The van der Waals surface area contributed by atoms with Gasteiger partial charge >= 0.3 is 0 Å². The summed E-state index contributed by atoms with van der Waals surface area (Å²) in [7, 11) is 1.57. The van der Waals surface area contributed by atoms with Crippen LogP contribution in [0, 0.1) is 0 Å². The fraction of sp³-hybridized carbons (Fsp3) is 0.167. The largest absolute Gasteiger partial charge is 0.497 e. The highest BCUT2D eigenvalue weighted by atomic mass is 32.2. The number of nitrogens with one attached hydrogen (secondary N) is 1. The molecule has 1 aromatic carbocycles. The summed E-state index contributed by atoms with van der Waals surface area (Å²) in [5, 5.41) is 4.75. The van der Waals surface area contributed by atoms with Crippen molar-refractivity contribution < 1.29 is 14.3 Å². The van der Waals surface area contributed by atoms with E-state index in [1.54, 1.807) is 42.7 Å². The average molecular weight is 405 g/mol. The molecule has 26 heavy (non-hydrogen) atoms. The first-order valence-corrected chi connectivity index (χ1v) is 9.90. The minimum Gasteiger partial charge on any atom is -0.497 e. The molecule has 0 atom stereocenters. The van der Waals surface area contributed by atoms with E-state index in [4.69, 9.17) is 17.0 Å². The van der Waals surface area contributed by atoms with Crippen LogP contribution in [0.25, 0.3) is 6.08 Å². The minimum absolute atomic E-state index is 0.150. The van der Waals surface area contributed by atoms with E-state index in [0.717, 1.165) is 4.88 Å². The van der Waals surface area contributed by atoms with Gasteiger partial charge in [-0.3, -0.25) is 14.5 Å². The minimum atomic E-state index is -0.186. The Kier molecular flexibility index (Phi) is 6.08. The summed E-state index contributed by atoms with van der Waals surface area (Å²) in [6.07, 6.45) is 2.00. The fourth-order valence-corrected chi connectivity index (χ4v) is 4.36. The van der Waals surface area contributed by atoms with Crippen molar-refractivity contribution in [3.05, 3.63) is 51.6 Å². The van der Waals surface area contributed by atoms with Crippen molar-refractivity contribution in [2.75, 3.05) is 19.0 Å². The number of carbonyl (C=O) groups excluding carboxylic acids is 2. The van der Waals surface area contributed by atoms with Gasteiger partial charge in [-0.25, -0.2) is 0 Å². The number of anilines is 1. The van der Waals surface area contributed by atoms with Crippen LogP contribution in [-0.2, 0) is 9.59 Å². The van der Waals surface area contributed by atoms with Crippen LogP contribution >= 0.6 is 35.3 Å². The zero-order valence-corrected chi connectivity index (χ0v) is 16.4. The number of rotatable bonds is 6. The third-order valence-electron chi connectivity index (χ3n) is 3.61. The van der Waals surface area contributed by atoms with Crippen molar-refractivity contribution in [2.45, 2.75) is 6.42 Å². The maximum Gasteiger partial charge on any atom is 0.266 e. The molecule has 0 unspecified atom stereocenters. The van der Waals surface area contributed by atoms with Gasteiger partial charge in [-0.15, -0.1) is 11.3 Å².